The number of amides is 1. The minimum atomic E-state index is -0.170. The van der Waals surface area contributed by atoms with Crippen molar-refractivity contribution in [3.63, 3.8) is 0 Å². The first-order chi connectivity index (χ1) is 7.77. The maximum absolute atomic E-state index is 10.3. The van der Waals surface area contributed by atoms with Crippen molar-refractivity contribution in [3.05, 3.63) is 0 Å². The summed E-state index contributed by atoms with van der Waals surface area (Å²) >= 11 is 0. The molecule has 0 heterocycles. The molecule has 1 aliphatic carbocycles. The van der Waals surface area contributed by atoms with E-state index in [4.69, 9.17) is 5.73 Å². The number of hydrogen-bond acceptors (Lipinski definition) is 1. The Morgan fingerprint density at radius 1 is 0.875 bits per heavy atom. The number of unbranched alkanes of at least 4 members (excludes halogenated alkanes) is 4. The normalized spacial score (nSPS) is 15.1. The molecule has 0 aromatic carbocycles. The Labute approximate surface area is 101 Å². The summed E-state index contributed by atoms with van der Waals surface area (Å²) in [7, 11) is 0. The number of primary amides is 1. The van der Waals surface area contributed by atoms with Gasteiger partial charge in [-0.3, -0.25) is 4.79 Å². The van der Waals surface area contributed by atoms with Crippen LogP contribution in [0.1, 0.15) is 84.0 Å². The second-order valence-corrected chi connectivity index (χ2v) is 4.75. The fourth-order valence-electron chi connectivity index (χ4n) is 1.96. The lowest BCUT2D eigenvalue weighted by atomic mass is 10.0. The molecule has 0 aromatic heterocycles. The van der Waals surface area contributed by atoms with Gasteiger partial charge in [-0.25, -0.2) is 0 Å². The van der Waals surface area contributed by atoms with Crippen molar-refractivity contribution >= 4 is 5.91 Å². The largest absolute Gasteiger partial charge is 0.370 e. The molecule has 0 unspecified atom stereocenters. The predicted molar refractivity (Wildman–Crippen MR) is 70.3 cm³/mol. The monoisotopic (exact) mass is 227 g/mol. The average molecular weight is 227 g/mol. The van der Waals surface area contributed by atoms with Crippen molar-refractivity contribution in [2.24, 2.45) is 5.73 Å². The Morgan fingerprint density at radius 3 is 1.69 bits per heavy atom. The predicted octanol–water partition coefficient (Wildman–Crippen LogP) is 4.17. The van der Waals surface area contributed by atoms with Gasteiger partial charge in [-0.2, -0.15) is 0 Å². The van der Waals surface area contributed by atoms with Crippen molar-refractivity contribution in [2.75, 3.05) is 0 Å². The maximum atomic E-state index is 10.3. The molecule has 1 amide bonds. The average Bonchev–Trinajstić information content (AvgIpc) is 2.31. The van der Waals surface area contributed by atoms with E-state index < -0.39 is 0 Å². The van der Waals surface area contributed by atoms with Crippen LogP contribution in [0.15, 0.2) is 0 Å². The SMILES string of the molecule is C1CCCCC1.CCCCCCCC(N)=O. The highest BCUT2D eigenvalue weighted by atomic mass is 16.1. The van der Waals surface area contributed by atoms with Crippen molar-refractivity contribution < 1.29 is 4.79 Å². The van der Waals surface area contributed by atoms with E-state index in [0.29, 0.717) is 6.42 Å². The van der Waals surface area contributed by atoms with Gasteiger partial charge in [-0.1, -0.05) is 71.1 Å². The Bertz CT molecular complexity index is 141. The van der Waals surface area contributed by atoms with Crippen LogP contribution in [0.4, 0.5) is 0 Å². The summed E-state index contributed by atoms with van der Waals surface area (Å²) < 4.78 is 0. The van der Waals surface area contributed by atoms with Gasteiger partial charge in [0, 0.05) is 6.42 Å². The fourth-order valence-corrected chi connectivity index (χ4v) is 1.96. The van der Waals surface area contributed by atoms with E-state index >= 15 is 0 Å². The third kappa shape index (κ3) is 13.5. The summed E-state index contributed by atoms with van der Waals surface area (Å²) in [6.45, 7) is 2.17. The number of carbonyl (C=O) groups is 1. The number of hydrogen-bond donors (Lipinski definition) is 1. The summed E-state index contributed by atoms with van der Waals surface area (Å²) in [5.74, 6) is -0.170. The lowest BCUT2D eigenvalue weighted by Gasteiger charge is -2.05. The lowest BCUT2D eigenvalue weighted by Crippen LogP contribution is -2.09. The topological polar surface area (TPSA) is 43.1 Å². The van der Waals surface area contributed by atoms with Crippen molar-refractivity contribution in [2.45, 2.75) is 84.0 Å². The van der Waals surface area contributed by atoms with Crippen LogP contribution in [0.5, 0.6) is 0 Å². The fraction of sp³-hybridized carbons (Fsp3) is 0.929. The van der Waals surface area contributed by atoms with Crippen LogP contribution in [0.3, 0.4) is 0 Å². The Hall–Kier alpha value is -0.530. The van der Waals surface area contributed by atoms with Gasteiger partial charge in [-0.15, -0.1) is 0 Å². The van der Waals surface area contributed by atoms with Gasteiger partial charge in [0.15, 0.2) is 0 Å². The molecule has 1 rings (SSSR count). The highest BCUT2D eigenvalue weighted by molar-refractivity contribution is 5.73. The van der Waals surface area contributed by atoms with E-state index in [1.807, 2.05) is 0 Å². The van der Waals surface area contributed by atoms with E-state index in [0.717, 1.165) is 12.8 Å². The standard InChI is InChI=1S/C8H17NO.C6H12/c1-2-3-4-5-6-7-8(9)10;1-2-4-6-5-3-1/h2-7H2,1H3,(H2,9,10);1-6H2. The molecule has 2 N–H and O–H groups in total. The quantitative estimate of drug-likeness (QED) is 0.680. The zero-order valence-corrected chi connectivity index (χ0v) is 11.0. The Balaban J connectivity index is 0.000000315. The van der Waals surface area contributed by atoms with Crippen LogP contribution < -0.4 is 5.73 Å². The summed E-state index contributed by atoms with van der Waals surface area (Å²) in [4.78, 5) is 10.3. The van der Waals surface area contributed by atoms with Crippen LogP contribution >= 0.6 is 0 Å². The minimum Gasteiger partial charge on any atom is -0.370 e. The summed E-state index contributed by atoms with van der Waals surface area (Å²) in [6.07, 6.45) is 15.4. The Morgan fingerprint density at radius 2 is 1.31 bits per heavy atom. The van der Waals surface area contributed by atoms with E-state index in [2.05, 4.69) is 6.92 Å². The molecule has 0 bridgehead atoms. The molecule has 16 heavy (non-hydrogen) atoms. The zero-order valence-electron chi connectivity index (χ0n) is 11.0. The van der Waals surface area contributed by atoms with Crippen molar-refractivity contribution in [1.82, 2.24) is 0 Å². The van der Waals surface area contributed by atoms with Crippen LogP contribution in [-0.2, 0) is 4.79 Å². The minimum absolute atomic E-state index is 0.170. The smallest absolute Gasteiger partial charge is 0.217 e. The molecule has 2 nitrogen and oxygen atoms in total. The van der Waals surface area contributed by atoms with E-state index in [1.54, 1.807) is 0 Å². The van der Waals surface area contributed by atoms with Gasteiger partial charge >= 0.3 is 0 Å². The summed E-state index contributed by atoms with van der Waals surface area (Å²) in [5.41, 5.74) is 4.97. The molecule has 1 saturated carbocycles. The van der Waals surface area contributed by atoms with Gasteiger partial charge in [0.1, 0.15) is 0 Å². The number of nitrogens with two attached hydrogens (primary N) is 1. The third-order valence-corrected chi connectivity index (χ3v) is 3.03. The second kappa shape index (κ2) is 12.5. The highest BCUT2D eigenvalue weighted by Gasteiger charge is 1.95. The van der Waals surface area contributed by atoms with Crippen LogP contribution in [0.2, 0.25) is 0 Å². The molecular formula is C14H29NO. The summed E-state index contributed by atoms with van der Waals surface area (Å²) in [5, 5.41) is 0. The molecule has 0 aromatic rings. The van der Waals surface area contributed by atoms with Crippen molar-refractivity contribution in [1.29, 1.82) is 0 Å². The van der Waals surface area contributed by atoms with Gasteiger partial charge in [0.25, 0.3) is 0 Å². The molecular weight excluding hydrogens is 198 g/mol. The molecule has 0 spiro atoms. The molecule has 96 valence electrons. The van der Waals surface area contributed by atoms with Crippen LogP contribution in [0.25, 0.3) is 0 Å². The van der Waals surface area contributed by atoms with E-state index in [-0.39, 0.29) is 5.91 Å². The molecule has 0 radical (unpaired) electrons. The molecule has 1 aliphatic rings. The van der Waals surface area contributed by atoms with Crippen LogP contribution in [0, 0.1) is 0 Å². The van der Waals surface area contributed by atoms with Crippen LogP contribution in [-0.4, -0.2) is 5.91 Å². The zero-order chi connectivity index (χ0) is 12.1. The van der Waals surface area contributed by atoms with Gasteiger partial charge < -0.3 is 5.73 Å². The first-order valence-electron chi connectivity index (χ1n) is 7.05. The molecule has 0 saturated heterocycles. The third-order valence-electron chi connectivity index (χ3n) is 3.03. The van der Waals surface area contributed by atoms with Gasteiger partial charge in [-0.05, 0) is 6.42 Å². The van der Waals surface area contributed by atoms with E-state index in [9.17, 15) is 4.79 Å². The lowest BCUT2D eigenvalue weighted by molar-refractivity contribution is -0.118. The highest BCUT2D eigenvalue weighted by Crippen LogP contribution is 2.15. The maximum Gasteiger partial charge on any atom is 0.217 e. The van der Waals surface area contributed by atoms with Gasteiger partial charge in [0.2, 0.25) is 5.91 Å². The molecule has 0 aliphatic heterocycles. The number of rotatable bonds is 6. The molecule has 2 heteroatoms. The first-order valence-corrected chi connectivity index (χ1v) is 7.05. The Kier molecular flexibility index (Phi) is 12.1. The first kappa shape index (κ1) is 15.5. The number of carbonyl (C=O) groups excluding carboxylic acids is 1. The van der Waals surface area contributed by atoms with E-state index in [1.165, 1.54) is 57.8 Å². The van der Waals surface area contributed by atoms with Gasteiger partial charge in [0.05, 0.1) is 0 Å². The second-order valence-electron chi connectivity index (χ2n) is 4.75. The molecule has 0 atom stereocenters. The molecule has 1 fully saturated rings. The van der Waals surface area contributed by atoms with Crippen molar-refractivity contribution in [3.8, 4) is 0 Å². The summed E-state index contributed by atoms with van der Waals surface area (Å²) in [6, 6.07) is 0.